The minimum Gasteiger partial charge on any atom is -0.394 e. The first-order valence-electron chi connectivity index (χ1n) is 6.06. The van der Waals surface area contributed by atoms with E-state index in [2.05, 4.69) is 11.6 Å². The Labute approximate surface area is 114 Å². The average Bonchev–Trinajstić information content (AvgIpc) is 2.63. The lowest BCUT2D eigenvalue weighted by atomic mass is 9.90. The Bertz CT molecular complexity index is 560. The van der Waals surface area contributed by atoms with Gasteiger partial charge >= 0.3 is 5.69 Å². The van der Waals surface area contributed by atoms with Gasteiger partial charge in [0.15, 0.2) is 6.23 Å². The summed E-state index contributed by atoms with van der Waals surface area (Å²) in [5, 5.41) is 29.8. The van der Waals surface area contributed by atoms with Crippen molar-refractivity contribution in [3.63, 3.8) is 0 Å². The maximum atomic E-state index is 11.8. The van der Waals surface area contributed by atoms with Gasteiger partial charge in [-0.2, -0.15) is 4.98 Å². The number of anilines is 1. The molecule has 20 heavy (non-hydrogen) atoms. The molecule has 1 aliphatic heterocycles. The third kappa shape index (κ3) is 2.22. The van der Waals surface area contributed by atoms with Crippen molar-refractivity contribution in [3.05, 3.63) is 35.4 Å². The summed E-state index contributed by atoms with van der Waals surface area (Å²) in [6.07, 6.45) is -0.862. The van der Waals surface area contributed by atoms with Gasteiger partial charge in [0, 0.05) is 12.6 Å². The van der Waals surface area contributed by atoms with Crippen molar-refractivity contribution in [2.75, 3.05) is 12.3 Å². The number of aromatic nitrogens is 2. The minimum atomic E-state index is -1.78. The Morgan fingerprint density at radius 2 is 2.35 bits per heavy atom. The minimum absolute atomic E-state index is 0.0217. The number of nitrogens with two attached hydrogens (primary N) is 1. The molecule has 5 N–H and O–H groups in total. The first kappa shape index (κ1) is 14.7. The van der Waals surface area contributed by atoms with Crippen LogP contribution >= 0.6 is 0 Å². The fourth-order valence-corrected chi connectivity index (χ4v) is 2.33. The second-order valence-corrected chi connectivity index (χ2v) is 4.68. The summed E-state index contributed by atoms with van der Waals surface area (Å²) in [5.74, 6) is 0.0377. The van der Waals surface area contributed by atoms with E-state index in [0.717, 1.165) is 4.57 Å². The van der Waals surface area contributed by atoms with Crippen LogP contribution in [0.2, 0.25) is 0 Å². The van der Waals surface area contributed by atoms with E-state index in [1.807, 2.05) is 0 Å². The molecule has 1 fully saturated rings. The van der Waals surface area contributed by atoms with Crippen molar-refractivity contribution >= 4 is 5.82 Å². The number of hydrogen-bond acceptors (Lipinski definition) is 7. The molecule has 1 aromatic rings. The molecule has 4 atom stereocenters. The third-order valence-corrected chi connectivity index (χ3v) is 3.35. The summed E-state index contributed by atoms with van der Waals surface area (Å²) < 4.78 is 6.41. The van der Waals surface area contributed by atoms with Crippen molar-refractivity contribution in [2.24, 2.45) is 0 Å². The maximum Gasteiger partial charge on any atom is 0.351 e. The van der Waals surface area contributed by atoms with E-state index >= 15 is 0 Å². The first-order valence-corrected chi connectivity index (χ1v) is 6.06. The van der Waals surface area contributed by atoms with Gasteiger partial charge in [-0.25, -0.2) is 4.79 Å². The smallest absolute Gasteiger partial charge is 0.351 e. The van der Waals surface area contributed by atoms with Crippen LogP contribution in [0.3, 0.4) is 0 Å². The quantitative estimate of drug-likeness (QED) is 0.488. The van der Waals surface area contributed by atoms with Crippen molar-refractivity contribution in [3.8, 4) is 0 Å². The van der Waals surface area contributed by atoms with Gasteiger partial charge in [-0.05, 0) is 6.07 Å². The van der Waals surface area contributed by atoms with Crippen LogP contribution in [0.4, 0.5) is 5.82 Å². The predicted octanol–water partition coefficient (Wildman–Crippen LogP) is -1.62. The fourth-order valence-electron chi connectivity index (χ4n) is 2.33. The fraction of sp³-hybridized carbons (Fsp3) is 0.500. The molecule has 0 saturated carbocycles. The summed E-state index contributed by atoms with van der Waals surface area (Å²) in [6, 6.07) is 1.37. The molecule has 1 aliphatic rings. The van der Waals surface area contributed by atoms with Crippen LogP contribution in [-0.2, 0) is 4.74 Å². The second kappa shape index (κ2) is 5.33. The van der Waals surface area contributed by atoms with Crippen LogP contribution in [0.5, 0.6) is 0 Å². The zero-order valence-electron chi connectivity index (χ0n) is 10.7. The molecule has 0 bridgehead atoms. The van der Waals surface area contributed by atoms with Gasteiger partial charge in [-0.3, -0.25) is 4.57 Å². The first-order chi connectivity index (χ1) is 9.43. The number of rotatable bonds is 4. The van der Waals surface area contributed by atoms with E-state index < -0.39 is 36.3 Å². The Kier molecular flexibility index (Phi) is 3.91. The van der Waals surface area contributed by atoms with Gasteiger partial charge in [-0.1, -0.05) is 6.08 Å². The highest BCUT2D eigenvalue weighted by molar-refractivity contribution is 5.24. The number of hydrogen-bond donors (Lipinski definition) is 4. The number of nitrogens with zero attached hydrogens (tertiary/aromatic N) is 2. The summed E-state index contributed by atoms with van der Waals surface area (Å²) in [6.45, 7) is 3.02. The predicted molar refractivity (Wildman–Crippen MR) is 69.7 cm³/mol. The Morgan fingerprint density at radius 3 is 2.90 bits per heavy atom. The van der Waals surface area contributed by atoms with Crippen LogP contribution in [0.25, 0.3) is 0 Å². The van der Waals surface area contributed by atoms with Crippen molar-refractivity contribution < 1.29 is 20.1 Å². The highest BCUT2D eigenvalue weighted by Gasteiger charge is 2.55. The number of aliphatic hydroxyl groups is 3. The Hall–Kier alpha value is -1.74. The van der Waals surface area contributed by atoms with E-state index in [0.29, 0.717) is 0 Å². The van der Waals surface area contributed by atoms with Crippen molar-refractivity contribution in [2.45, 2.75) is 30.5 Å². The molecule has 8 heteroatoms. The molecule has 1 aromatic heterocycles. The molecule has 8 nitrogen and oxygen atoms in total. The average molecular weight is 283 g/mol. The standard InChI is InChI=1S/C12H17N3O5/c1-2-4-12(19)9(17)7(6-16)20-10(12)15-5-3-8(13)14-11(15)18/h2-3,5,7,9-10,16-17,19H,1,4,6H2,(H2,13,14,18)/t7-,9-,10-,12-/m1/s1. The summed E-state index contributed by atoms with van der Waals surface area (Å²) in [7, 11) is 0. The molecule has 0 radical (unpaired) electrons. The van der Waals surface area contributed by atoms with Gasteiger partial charge in [0.1, 0.15) is 23.6 Å². The topological polar surface area (TPSA) is 131 Å². The zero-order valence-corrected chi connectivity index (χ0v) is 10.7. The second-order valence-electron chi connectivity index (χ2n) is 4.68. The largest absolute Gasteiger partial charge is 0.394 e. The van der Waals surface area contributed by atoms with Crippen LogP contribution in [-0.4, -0.2) is 49.3 Å². The van der Waals surface area contributed by atoms with Crippen LogP contribution in [0, 0.1) is 0 Å². The van der Waals surface area contributed by atoms with Gasteiger partial charge in [0.25, 0.3) is 0 Å². The van der Waals surface area contributed by atoms with E-state index in [1.165, 1.54) is 18.3 Å². The van der Waals surface area contributed by atoms with Gasteiger partial charge in [0.05, 0.1) is 6.61 Å². The summed E-state index contributed by atoms with van der Waals surface area (Å²) in [4.78, 5) is 15.4. The molecule has 0 unspecified atom stereocenters. The third-order valence-electron chi connectivity index (χ3n) is 3.35. The molecule has 2 heterocycles. The zero-order chi connectivity index (χ0) is 14.9. The molecule has 0 aliphatic carbocycles. The lowest BCUT2D eigenvalue weighted by Gasteiger charge is -2.30. The number of nitrogen functional groups attached to an aromatic ring is 1. The van der Waals surface area contributed by atoms with Crippen LogP contribution < -0.4 is 11.4 Å². The molecule has 2 rings (SSSR count). The van der Waals surface area contributed by atoms with E-state index in [9.17, 15) is 20.1 Å². The molecular formula is C12H17N3O5. The number of aliphatic hydroxyl groups excluding tert-OH is 2. The molecule has 0 aromatic carbocycles. The SMILES string of the molecule is C=CC[C@@]1(O)[C@H](O)[C@@H](CO)O[C@H]1n1ccc(N)nc1=O. The molecule has 0 spiro atoms. The van der Waals surface area contributed by atoms with Gasteiger partial charge < -0.3 is 25.8 Å². The van der Waals surface area contributed by atoms with Crippen molar-refractivity contribution in [1.29, 1.82) is 0 Å². The van der Waals surface area contributed by atoms with Crippen LogP contribution in [0.1, 0.15) is 12.6 Å². The van der Waals surface area contributed by atoms with E-state index in [-0.39, 0.29) is 12.2 Å². The molecule has 110 valence electrons. The van der Waals surface area contributed by atoms with Gasteiger partial charge in [0.2, 0.25) is 0 Å². The normalized spacial score (nSPS) is 33.2. The summed E-state index contributed by atoms with van der Waals surface area (Å²) >= 11 is 0. The van der Waals surface area contributed by atoms with Crippen LogP contribution in [0.15, 0.2) is 29.7 Å². The van der Waals surface area contributed by atoms with Crippen molar-refractivity contribution in [1.82, 2.24) is 9.55 Å². The molecule has 1 saturated heterocycles. The molecular weight excluding hydrogens is 266 g/mol. The highest BCUT2D eigenvalue weighted by Crippen LogP contribution is 2.40. The maximum absolute atomic E-state index is 11.8. The monoisotopic (exact) mass is 283 g/mol. The number of ether oxygens (including phenoxy) is 1. The Morgan fingerprint density at radius 1 is 1.65 bits per heavy atom. The van der Waals surface area contributed by atoms with E-state index in [1.54, 1.807) is 0 Å². The van der Waals surface area contributed by atoms with Gasteiger partial charge in [-0.15, -0.1) is 6.58 Å². The highest BCUT2D eigenvalue weighted by atomic mass is 16.6. The molecule has 0 amide bonds. The lowest BCUT2D eigenvalue weighted by molar-refractivity contribution is -0.108. The lowest BCUT2D eigenvalue weighted by Crippen LogP contribution is -2.48. The Balaban J connectivity index is 2.47. The van der Waals surface area contributed by atoms with E-state index in [4.69, 9.17) is 10.5 Å². The summed E-state index contributed by atoms with van der Waals surface area (Å²) in [5.41, 5.74) is 2.90.